The number of esters is 3. The lowest BCUT2D eigenvalue weighted by molar-refractivity contribution is -0.130. The van der Waals surface area contributed by atoms with Gasteiger partial charge >= 0.3 is 17.9 Å². The van der Waals surface area contributed by atoms with Crippen molar-refractivity contribution in [2.24, 2.45) is 0 Å². The molecule has 5 rings (SSSR count). The van der Waals surface area contributed by atoms with Crippen LogP contribution in [0.1, 0.15) is 42.2 Å². The SMILES string of the molecule is COC(=O)c1ccccc1N.COC(=O)c1ccccc1N(c1ccccc1COC=O)c1ccccc1C(=O)OC.O=COCc1ccccc1I. The van der Waals surface area contributed by atoms with E-state index in [0.717, 1.165) is 9.13 Å². The molecule has 0 radical (unpaired) electrons. The molecule has 0 bridgehead atoms. The molecule has 0 amide bonds. The lowest BCUT2D eigenvalue weighted by Crippen LogP contribution is -2.19. The lowest BCUT2D eigenvalue weighted by Gasteiger charge is -2.30. The molecular weight excluding hydrogens is 795 g/mol. The molecule has 0 aliphatic heterocycles. The Morgan fingerprint density at radius 1 is 0.547 bits per heavy atom. The Bertz CT molecular complexity index is 1940. The molecule has 12 nitrogen and oxygen atoms in total. The number of nitrogen functional groups attached to an aromatic ring is 1. The zero-order valence-electron chi connectivity index (χ0n) is 29.1. The van der Waals surface area contributed by atoms with E-state index in [9.17, 15) is 24.0 Å². The number of halogens is 1. The second-order valence-electron chi connectivity index (χ2n) is 10.5. The normalized spacial score (nSPS) is 9.74. The van der Waals surface area contributed by atoms with Gasteiger partial charge in [0.2, 0.25) is 0 Å². The fraction of sp³-hybridized carbons (Fsp3) is 0.125. The van der Waals surface area contributed by atoms with Gasteiger partial charge in [-0.15, -0.1) is 0 Å². The standard InChI is InChI=1S/C24H21NO6.C8H7IO2.C8H9NO2/c1-29-23(27)18-10-4-7-13-21(18)25(20-12-6-3-9-17(20)15-31-16-26)22-14-8-5-11-19(22)24(28)30-2;9-8-4-2-1-3-7(8)5-11-6-10;1-11-8(10)6-4-2-3-5-7(6)9/h3-14,16H,15H2,1-2H3;1-4,6H,5H2;2-5H,9H2,1H3. The van der Waals surface area contributed by atoms with Crippen molar-refractivity contribution in [2.75, 3.05) is 32.0 Å². The summed E-state index contributed by atoms with van der Waals surface area (Å²) in [5.41, 5.74) is 10.3. The average molecular weight is 833 g/mol. The highest BCUT2D eigenvalue weighted by atomic mass is 127. The summed E-state index contributed by atoms with van der Waals surface area (Å²) in [5.74, 6) is -1.46. The summed E-state index contributed by atoms with van der Waals surface area (Å²) in [7, 11) is 3.93. The zero-order valence-corrected chi connectivity index (χ0v) is 31.3. The number of methoxy groups -OCH3 is 3. The number of nitrogens with two attached hydrogens (primary N) is 1. The van der Waals surface area contributed by atoms with Crippen molar-refractivity contribution in [3.05, 3.63) is 153 Å². The van der Waals surface area contributed by atoms with Crippen molar-refractivity contribution in [1.82, 2.24) is 0 Å². The third-order valence-corrected chi connectivity index (χ3v) is 8.32. The van der Waals surface area contributed by atoms with Gasteiger partial charge in [0, 0.05) is 20.4 Å². The van der Waals surface area contributed by atoms with Crippen LogP contribution in [0, 0.1) is 3.57 Å². The Labute approximate surface area is 320 Å². The molecule has 0 aliphatic carbocycles. The smallest absolute Gasteiger partial charge is 0.339 e. The summed E-state index contributed by atoms with van der Waals surface area (Å²) in [6, 6.07) is 35.6. The number of benzene rings is 5. The van der Waals surface area contributed by atoms with Crippen molar-refractivity contribution in [2.45, 2.75) is 13.2 Å². The molecule has 0 saturated carbocycles. The number of carbonyl (C=O) groups excluding carboxylic acids is 5. The van der Waals surface area contributed by atoms with Crippen LogP contribution in [0.25, 0.3) is 0 Å². The number of rotatable bonds is 12. The van der Waals surface area contributed by atoms with Crippen molar-refractivity contribution >= 4 is 76.2 Å². The van der Waals surface area contributed by atoms with E-state index in [0.29, 0.717) is 64.6 Å². The lowest BCUT2D eigenvalue weighted by atomic mass is 10.0. The van der Waals surface area contributed by atoms with Gasteiger partial charge in [0.05, 0.1) is 55.1 Å². The minimum absolute atomic E-state index is 0.0109. The first-order valence-electron chi connectivity index (χ1n) is 15.7. The Morgan fingerprint density at radius 2 is 0.925 bits per heavy atom. The Balaban J connectivity index is 0.000000278. The predicted molar refractivity (Wildman–Crippen MR) is 207 cm³/mol. The van der Waals surface area contributed by atoms with E-state index in [1.807, 2.05) is 42.5 Å². The molecule has 0 heterocycles. The molecule has 2 N–H and O–H groups in total. The highest BCUT2D eigenvalue weighted by Gasteiger charge is 2.25. The third kappa shape index (κ3) is 11.7. The molecule has 0 fully saturated rings. The molecule has 0 aliphatic rings. The summed E-state index contributed by atoms with van der Waals surface area (Å²) in [4.78, 5) is 58.4. The van der Waals surface area contributed by atoms with Crippen LogP contribution in [0.15, 0.2) is 121 Å². The monoisotopic (exact) mass is 832 g/mol. The first kappa shape index (κ1) is 41.2. The van der Waals surface area contributed by atoms with Crippen molar-refractivity contribution < 1.29 is 47.7 Å². The van der Waals surface area contributed by atoms with Crippen LogP contribution in [0.2, 0.25) is 0 Å². The number of nitrogens with zero attached hydrogens (tertiary/aromatic N) is 1. The highest BCUT2D eigenvalue weighted by molar-refractivity contribution is 14.1. The van der Waals surface area contributed by atoms with Gasteiger partial charge < -0.3 is 34.3 Å². The molecular formula is C40H37IN2O10. The van der Waals surface area contributed by atoms with Gasteiger partial charge in [0.1, 0.15) is 13.2 Å². The molecule has 13 heteroatoms. The topological polar surface area (TPSA) is 161 Å². The Morgan fingerprint density at radius 3 is 1.40 bits per heavy atom. The van der Waals surface area contributed by atoms with Crippen molar-refractivity contribution in [1.29, 1.82) is 0 Å². The first-order valence-corrected chi connectivity index (χ1v) is 16.8. The van der Waals surface area contributed by atoms with Crippen molar-refractivity contribution in [3.63, 3.8) is 0 Å². The van der Waals surface area contributed by atoms with Gasteiger partial charge in [0.25, 0.3) is 12.9 Å². The van der Waals surface area contributed by atoms with E-state index in [-0.39, 0.29) is 6.61 Å². The molecule has 0 saturated heterocycles. The van der Waals surface area contributed by atoms with Gasteiger partial charge in [-0.3, -0.25) is 9.59 Å². The molecule has 0 atom stereocenters. The summed E-state index contributed by atoms with van der Waals surface area (Å²) in [6.45, 7) is 1.20. The van der Waals surface area contributed by atoms with Gasteiger partial charge in [0.15, 0.2) is 0 Å². The van der Waals surface area contributed by atoms with Crippen LogP contribution >= 0.6 is 22.6 Å². The van der Waals surface area contributed by atoms with Crippen LogP contribution in [0.4, 0.5) is 22.7 Å². The minimum atomic E-state index is -0.530. The number of carbonyl (C=O) groups is 5. The summed E-state index contributed by atoms with van der Waals surface area (Å²) >= 11 is 2.20. The number of para-hydroxylation sites is 4. The molecule has 5 aromatic carbocycles. The average Bonchev–Trinajstić information content (AvgIpc) is 3.20. The molecule has 0 aromatic heterocycles. The van der Waals surface area contributed by atoms with E-state index in [2.05, 4.69) is 32.1 Å². The van der Waals surface area contributed by atoms with Crippen LogP contribution in [0.5, 0.6) is 0 Å². The van der Waals surface area contributed by atoms with Gasteiger partial charge in [-0.2, -0.15) is 0 Å². The van der Waals surface area contributed by atoms with Crippen LogP contribution in [-0.2, 0) is 46.5 Å². The molecule has 5 aromatic rings. The second-order valence-corrected chi connectivity index (χ2v) is 11.6. The van der Waals surface area contributed by atoms with Gasteiger partial charge in [-0.05, 0) is 71.1 Å². The predicted octanol–water partition coefficient (Wildman–Crippen LogP) is 7.42. The highest BCUT2D eigenvalue weighted by Crippen LogP contribution is 2.40. The Kier molecular flexibility index (Phi) is 17.0. The maximum Gasteiger partial charge on any atom is 0.339 e. The maximum absolute atomic E-state index is 12.5. The van der Waals surface area contributed by atoms with Gasteiger partial charge in [-0.1, -0.05) is 72.8 Å². The fourth-order valence-electron chi connectivity index (χ4n) is 4.80. The van der Waals surface area contributed by atoms with Gasteiger partial charge in [-0.25, -0.2) is 14.4 Å². The first-order chi connectivity index (χ1) is 25.7. The van der Waals surface area contributed by atoms with Crippen LogP contribution < -0.4 is 10.6 Å². The Hall–Kier alpha value is -6.22. The number of anilines is 4. The molecule has 53 heavy (non-hydrogen) atoms. The number of ether oxygens (including phenoxy) is 5. The maximum atomic E-state index is 12.5. The third-order valence-electron chi connectivity index (χ3n) is 7.27. The molecule has 0 unspecified atom stereocenters. The molecule has 274 valence electrons. The minimum Gasteiger partial charge on any atom is -0.465 e. The number of hydrogen-bond donors (Lipinski definition) is 1. The van der Waals surface area contributed by atoms with E-state index < -0.39 is 17.9 Å². The largest absolute Gasteiger partial charge is 0.465 e. The van der Waals surface area contributed by atoms with E-state index >= 15 is 0 Å². The van der Waals surface area contributed by atoms with E-state index in [1.54, 1.807) is 83.8 Å². The summed E-state index contributed by atoms with van der Waals surface area (Å²) in [6.07, 6.45) is 0. The molecule has 0 spiro atoms. The summed E-state index contributed by atoms with van der Waals surface area (Å²) in [5, 5.41) is 0. The summed E-state index contributed by atoms with van der Waals surface area (Å²) < 4.78 is 25.1. The fourth-order valence-corrected chi connectivity index (χ4v) is 5.34. The quantitative estimate of drug-likeness (QED) is 0.0436. The second kappa shape index (κ2) is 21.9. The zero-order chi connectivity index (χ0) is 38.6. The van der Waals surface area contributed by atoms with E-state index in [4.69, 9.17) is 19.9 Å². The van der Waals surface area contributed by atoms with Crippen molar-refractivity contribution in [3.8, 4) is 0 Å². The van der Waals surface area contributed by atoms with Crippen LogP contribution in [-0.4, -0.2) is 52.2 Å². The van der Waals surface area contributed by atoms with Crippen LogP contribution in [0.3, 0.4) is 0 Å². The van der Waals surface area contributed by atoms with E-state index in [1.165, 1.54) is 21.3 Å². The number of hydrogen-bond acceptors (Lipinski definition) is 12.